The summed E-state index contributed by atoms with van der Waals surface area (Å²) in [6, 6.07) is 6.82. The second kappa shape index (κ2) is 4.59. The quantitative estimate of drug-likeness (QED) is 0.830. The Kier molecular flexibility index (Phi) is 3.32. The van der Waals surface area contributed by atoms with Crippen molar-refractivity contribution in [1.82, 2.24) is 0 Å². The Hall–Kier alpha value is -1.18. The molecular weight excluding hydrogens is 210 g/mol. The highest BCUT2D eigenvalue weighted by Crippen LogP contribution is 2.49. The molecule has 1 aliphatic rings. The van der Waals surface area contributed by atoms with Crippen LogP contribution in [0.5, 0.6) is 5.75 Å². The molecule has 1 aromatic carbocycles. The van der Waals surface area contributed by atoms with Gasteiger partial charge in [0.1, 0.15) is 5.75 Å². The molecule has 94 valence electrons. The maximum Gasteiger partial charge on any atom is 0.119 e. The average molecular weight is 233 g/mol. The van der Waals surface area contributed by atoms with Crippen molar-refractivity contribution in [3.8, 4) is 5.75 Å². The molecule has 0 saturated heterocycles. The van der Waals surface area contributed by atoms with Gasteiger partial charge in [0.05, 0.1) is 6.61 Å². The number of rotatable bonds is 5. The van der Waals surface area contributed by atoms with E-state index in [1.54, 1.807) is 0 Å². The summed E-state index contributed by atoms with van der Waals surface area (Å²) in [6.45, 7) is 9.50. The molecule has 0 aliphatic heterocycles. The summed E-state index contributed by atoms with van der Waals surface area (Å²) in [6.07, 6.45) is 2.69. The van der Waals surface area contributed by atoms with Crippen LogP contribution in [0.25, 0.3) is 0 Å². The molecular formula is C15H23NO. The van der Waals surface area contributed by atoms with Crippen LogP contribution in [0.4, 0.5) is 5.69 Å². The van der Waals surface area contributed by atoms with E-state index in [0.29, 0.717) is 11.5 Å². The van der Waals surface area contributed by atoms with Crippen LogP contribution < -0.4 is 10.1 Å². The van der Waals surface area contributed by atoms with Crippen LogP contribution in [0.3, 0.4) is 0 Å². The van der Waals surface area contributed by atoms with Gasteiger partial charge >= 0.3 is 0 Å². The van der Waals surface area contributed by atoms with Crippen molar-refractivity contribution in [2.45, 2.75) is 46.6 Å². The Labute approximate surface area is 104 Å². The molecule has 0 aromatic heterocycles. The molecule has 1 aromatic rings. The van der Waals surface area contributed by atoms with Crippen molar-refractivity contribution in [3.63, 3.8) is 0 Å². The lowest BCUT2D eigenvalue weighted by Crippen LogP contribution is -2.25. The largest absolute Gasteiger partial charge is 0.494 e. The van der Waals surface area contributed by atoms with Crippen molar-refractivity contribution in [2.75, 3.05) is 11.9 Å². The molecule has 17 heavy (non-hydrogen) atoms. The molecule has 1 saturated carbocycles. The summed E-state index contributed by atoms with van der Waals surface area (Å²) in [5.41, 5.74) is 2.99. The summed E-state index contributed by atoms with van der Waals surface area (Å²) >= 11 is 0. The molecule has 0 heterocycles. The van der Waals surface area contributed by atoms with Crippen LogP contribution in [0, 0.1) is 12.3 Å². The predicted octanol–water partition coefficient (Wildman–Crippen LogP) is 3.99. The molecule has 1 aliphatic carbocycles. The predicted molar refractivity (Wildman–Crippen MR) is 72.8 cm³/mol. The molecule has 0 bridgehead atoms. The van der Waals surface area contributed by atoms with Gasteiger partial charge in [-0.05, 0) is 62.8 Å². The van der Waals surface area contributed by atoms with Gasteiger partial charge in [0.25, 0.3) is 0 Å². The van der Waals surface area contributed by atoms with Crippen LogP contribution in [0.15, 0.2) is 18.2 Å². The molecule has 2 nitrogen and oxygen atoms in total. The van der Waals surface area contributed by atoms with E-state index in [0.717, 1.165) is 12.4 Å². The molecule has 0 spiro atoms. The van der Waals surface area contributed by atoms with E-state index in [1.807, 2.05) is 13.0 Å². The fourth-order valence-corrected chi connectivity index (χ4v) is 2.09. The molecule has 0 radical (unpaired) electrons. The van der Waals surface area contributed by atoms with Gasteiger partial charge < -0.3 is 10.1 Å². The van der Waals surface area contributed by atoms with E-state index in [2.05, 4.69) is 38.2 Å². The maximum absolute atomic E-state index is 5.50. The molecule has 2 heteroatoms. The minimum absolute atomic E-state index is 0.505. The van der Waals surface area contributed by atoms with Gasteiger partial charge in [0.2, 0.25) is 0 Å². The SMILES string of the molecule is CCOc1ccc(NC(C)C2(C)CC2)c(C)c1. The van der Waals surface area contributed by atoms with E-state index >= 15 is 0 Å². The fourth-order valence-electron chi connectivity index (χ4n) is 2.09. The lowest BCUT2D eigenvalue weighted by atomic mass is 10.00. The first-order valence-electron chi connectivity index (χ1n) is 6.55. The van der Waals surface area contributed by atoms with Gasteiger partial charge in [0, 0.05) is 11.7 Å². The van der Waals surface area contributed by atoms with Crippen molar-refractivity contribution >= 4 is 5.69 Å². The van der Waals surface area contributed by atoms with Crippen molar-refractivity contribution in [3.05, 3.63) is 23.8 Å². The van der Waals surface area contributed by atoms with E-state index in [-0.39, 0.29) is 0 Å². The number of hydrogen-bond acceptors (Lipinski definition) is 2. The molecule has 0 amide bonds. The van der Waals surface area contributed by atoms with E-state index < -0.39 is 0 Å². The van der Waals surface area contributed by atoms with Crippen molar-refractivity contribution in [1.29, 1.82) is 0 Å². The fraction of sp³-hybridized carbons (Fsp3) is 0.600. The summed E-state index contributed by atoms with van der Waals surface area (Å²) in [5, 5.41) is 3.63. The third kappa shape index (κ3) is 2.74. The number of anilines is 1. The number of aryl methyl sites for hydroxylation is 1. The van der Waals surface area contributed by atoms with Gasteiger partial charge in [-0.3, -0.25) is 0 Å². The van der Waals surface area contributed by atoms with Gasteiger partial charge in [-0.2, -0.15) is 0 Å². The van der Waals surface area contributed by atoms with Crippen molar-refractivity contribution in [2.24, 2.45) is 5.41 Å². The Balaban J connectivity index is 2.06. The zero-order valence-corrected chi connectivity index (χ0v) is 11.3. The van der Waals surface area contributed by atoms with Crippen LogP contribution in [-0.4, -0.2) is 12.6 Å². The van der Waals surface area contributed by atoms with Gasteiger partial charge in [-0.25, -0.2) is 0 Å². The van der Waals surface area contributed by atoms with Crippen LogP contribution >= 0.6 is 0 Å². The molecule has 1 atom stereocenters. The van der Waals surface area contributed by atoms with Gasteiger partial charge in [-0.1, -0.05) is 6.92 Å². The standard InChI is InChI=1S/C15H23NO/c1-5-17-13-6-7-14(11(2)10-13)16-12(3)15(4)8-9-15/h6-7,10,12,16H,5,8-9H2,1-4H3. The summed E-state index contributed by atoms with van der Waals surface area (Å²) in [4.78, 5) is 0. The van der Waals surface area contributed by atoms with Crippen LogP contribution in [0.2, 0.25) is 0 Å². The first-order chi connectivity index (χ1) is 8.05. The minimum atomic E-state index is 0.505. The molecule has 1 unspecified atom stereocenters. The monoisotopic (exact) mass is 233 g/mol. The highest BCUT2D eigenvalue weighted by Gasteiger charge is 2.42. The van der Waals surface area contributed by atoms with E-state index in [9.17, 15) is 0 Å². The number of benzene rings is 1. The smallest absolute Gasteiger partial charge is 0.119 e. The Morgan fingerprint density at radius 3 is 2.65 bits per heavy atom. The first kappa shape index (κ1) is 12.3. The number of ether oxygens (including phenoxy) is 1. The van der Waals surface area contributed by atoms with Crippen LogP contribution in [0.1, 0.15) is 39.2 Å². The first-order valence-corrected chi connectivity index (χ1v) is 6.55. The average Bonchev–Trinajstić information content (AvgIpc) is 3.02. The van der Waals surface area contributed by atoms with Gasteiger partial charge in [0.15, 0.2) is 0 Å². The second-order valence-electron chi connectivity index (χ2n) is 5.43. The highest BCUT2D eigenvalue weighted by atomic mass is 16.5. The van der Waals surface area contributed by atoms with E-state index in [4.69, 9.17) is 4.74 Å². The summed E-state index contributed by atoms with van der Waals surface area (Å²) in [7, 11) is 0. The lowest BCUT2D eigenvalue weighted by molar-refractivity contribution is 0.340. The van der Waals surface area contributed by atoms with Crippen molar-refractivity contribution < 1.29 is 4.74 Å². The van der Waals surface area contributed by atoms with Crippen LogP contribution in [-0.2, 0) is 0 Å². The normalized spacial score (nSPS) is 18.6. The lowest BCUT2D eigenvalue weighted by Gasteiger charge is -2.23. The Morgan fingerprint density at radius 2 is 2.12 bits per heavy atom. The minimum Gasteiger partial charge on any atom is -0.494 e. The Morgan fingerprint density at radius 1 is 1.41 bits per heavy atom. The number of hydrogen-bond donors (Lipinski definition) is 1. The highest BCUT2D eigenvalue weighted by molar-refractivity contribution is 5.54. The topological polar surface area (TPSA) is 21.3 Å². The second-order valence-corrected chi connectivity index (χ2v) is 5.43. The number of nitrogens with one attached hydrogen (secondary N) is 1. The Bertz CT molecular complexity index is 396. The zero-order chi connectivity index (χ0) is 12.5. The third-order valence-corrected chi connectivity index (χ3v) is 3.96. The summed E-state index contributed by atoms with van der Waals surface area (Å²) in [5.74, 6) is 0.959. The summed E-state index contributed by atoms with van der Waals surface area (Å²) < 4.78 is 5.50. The molecule has 2 rings (SSSR count). The third-order valence-electron chi connectivity index (χ3n) is 3.96. The van der Waals surface area contributed by atoms with Gasteiger partial charge in [-0.15, -0.1) is 0 Å². The van der Waals surface area contributed by atoms with E-state index in [1.165, 1.54) is 24.1 Å². The molecule has 1 fully saturated rings. The zero-order valence-electron chi connectivity index (χ0n) is 11.3. The molecule has 1 N–H and O–H groups in total. The maximum atomic E-state index is 5.50.